The molecule has 5 aromatic rings. The van der Waals surface area contributed by atoms with E-state index >= 15 is 4.39 Å². The lowest BCUT2D eigenvalue weighted by molar-refractivity contribution is 0.412. The SMILES string of the molecule is COc1cc(-c2ccc(Cl)cc2)c(F)cc1-n1c(=O)ccc2cc(S(=O)Nc3ccon3)ccc21. The molecular weight excluding hydrogens is 493 g/mol. The number of hydrogen-bond donors (Lipinski definition) is 1. The molecule has 176 valence electrons. The molecule has 0 amide bonds. The Morgan fingerprint density at radius 1 is 1.06 bits per heavy atom. The van der Waals surface area contributed by atoms with Crippen LogP contribution in [0.15, 0.2) is 93.3 Å². The average molecular weight is 510 g/mol. The van der Waals surface area contributed by atoms with Crippen LogP contribution in [0.25, 0.3) is 27.7 Å². The second kappa shape index (κ2) is 9.36. The topological polar surface area (TPSA) is 86.4 Å². The van der Waals surface area contributed by atoms with Gasteiger partial charge >= 0.3 is 0 Å². The third kappa shape index (κ3) is 4.43. The molecule has 0 bridgehead atoms. The van der Waals surface area contributed by atoms with Crippen LogP contribution in [0.4, 0.5) is 10.2 Å². The van der Waals surface area contributed by atoms with Gasteiger partial charge in [0.1, 0.15) is 17.8 Å². The molecule has 3 aromatic carbocycles. The van der Waals surface area contributed by atoms with Crippen molar-refractivity contribution < 1.29 is 17.9 Å². The summed E-state index contributed by atoms with van der Waals surface area (Å²) in [5, 5.41) is 4.85. The maximum Gasteiger partial charge on any atom is 0.255 e. The normalized spacial score (nSPS) is 12.0. The largest absolute Gasteiger partial charge is 0.495 e. The van der Waals surface area contributed by atoms with Crippen molar-refractivity contribution in [1.29, 1.82) is 0 Å². The first kappa shape index (κ1) is 22.8. The van der Waals surface area contributed by atoms with Crippen molar-refractivity contribution in [2.45, 2.75) is 4.90 Å². The molecule has 10 heteroatoms. The summed E-state index contributed by atoms with van der Waals surface area (Å²) >= 11 is 5.95. The van der Waals surface area contributed by atoms with Gasteiger partial charge in [-0.1, -0.05) is 28.9 Å². The number of fused-ring (bicyclic) bond motifs is 1. The summed E-state index contributed by atoms with van der Waals surface area (Å²) in [7, 11) is -0.161. The molecule has 0 aliphatic rings. The molecule has 2 aromatic heterocycles. The number of benzene rings is 3. The van der Waals surface area contributed by atoms with E-state index in [-0.39, 0.29) is 11.2 Å². The zero-order valence-corrected chi connectivity index (χ0v) is 19.8. The number of nitrogens with one attached hydrogen (secondary N) is 1. The highest BCUT2D eigenvalue weighted by Gasteiger charge is 2.17. The Balaban J connectivity index is 1.61. The molecule has 1 N–H and O–H groups in total. The van der Waals surface area contributed by atoms with Gasteiger partial charge < -0.3 is 9.26 Å². The molecule has 0 fully saturated rings. The Morgan fingerprint density at radius 2 is 1.86 bits per heavy atom. The van der Waals surface area contributed by atoms with Gasteiger partial charge in [-0.25, -0.2) is 8.60 Å². The summed E-state index contributed by atoms with van der Waals surface area (Å²) in [5.74, 6) is 0.113. The zero-order chi connectivity index (χ0) is 24.5. The molecule has 7 nitrogen and oxygen atoms in total. The lowest BCUT2D eigenvalue weighted by Gasteiger charge is -2.16. The third-order valence-electron chi connectivity index (χ3n) is 5.38. The molecule has 5 rings (SSSR count). The average Bonchev–Trinajstić information content (AvgIpc) is 3.37. The standard InChI is InChI=1S/C25H17ClFN3O4S/c1-33-23-13-19(15-2-5-17(26)6-3-15)20(27)14-22(23)30-21-8-7-18(12-16(21)4-9-25(30)31)35(32)29-24-10-11-34-28-24/h2-14H,1H3,(H,28,29). The van der Waals surface area contributed by atoms with Crippen molar-refractivity contribution in [1.82, 2.24) is 9.72 Å². The first-order valence-corrected chi connectivity index (χ1v) is 11.9. The molecule has 0 spiro atoms. The molecular formula is C25H17ClFN3O4S. The second-order valence-corrected chi connectivity index (χ2v) is 9.14. The highest BCUT2D eigenvalue weighted by Crippen LogP contribution is 2.34. The summed E-state index contributed by atoms with van der Waals surface area (Å²) in [5.41, 5.74) is 1.30. The van der Waals surface area contributed by atoms with Crippen molar-refractivity contribution in [3.05, 3.63) is 100 Å². The van der Waals surface area contributed by atoms with E-state index in [1.807, 2.05) is 0 Å². The summed E-state index contributed by atoms with van der Waals surface area (Å²) in [6.45, 7) is 0. The highest BCUT2D eigenvalue weighted by atomic mass is 35.5. The Bertz CT molecular complexity index is 1620. The number of aromatic nitrogens is 2. The first-order chi connectivity index (χ1) is 16.9. The van der Waals surface area contributed by atoms with Crippen LogP contribution in [0, 0.1) is 5.82 Å². The molecule has 0 saturated carbocycles. The highest BCUT2D eigenvalue weighted by molar-refractivity contribution is 7.86. The fourth-order valence-electron chi connectivity index (χ4n) is 3.74. The van der Waals surface area contributed by atoms with Crippen LogP contribution in [-0.2, 0) is 11.0 Å². The molecule has 0 radical (unpaired) electrons. The number of halogens is 2. The maximum absolute atomic E-state index is 15.3. The summed E-state index contributed by atoms with van der Waals surface area (Å²) in [6, 6.07) is 19.1. The Hall–Kier alpha value is -3.95. The summed E-state index contributed by atoms with van der Waals surface area (Å²) in [6.07, 6.45) is 1.36. The molecule has 35 heavy (non-hydrogen) atoms. The van der Waals surface area contributed by atoms with Crippen LogP contribution in [0.2, 0.25) is 5.02 Å². The fraction of sp³-hybridized carbons (Fsp3) is 0.0400. The van der Waals surface area contributed by atoms with Crippen LogP contribution >= 0.6 is 11.6 Å². The number of nitrogens with zero attached hydrogens (tertiary/aromatic N) is 2. The number of rotatable bonds is 6. The minimum atomic E-state index is -1.61. The lowest BCUT2D eigenvalue weighted by Crippen LogP contribution is -2.18. The molecule has 1 atom stereocenters. The van der Waals surface area contributed by atoms with Crippen LogP contribution < -0.4 is 15.0 Å². The molecule has 0 aliphatic carbocycles. The zero-order valence-electron chi connectivity index (χ0n) is 18.2. The minimum absolute atomic E-state index is 0.243. The summed E-state index contributed by atoms with van der Waals surface area (Å²) < 4.78 is 42.3. The monoisotopic (exact) mass is 509 g/mol. The predicted molar refractivity (Wildman–Crippen MR) is 133 cm³/mol. The van der Waals surface area contributed by atoms with Gasteiger partial charge in [-0.2, -0.15) is 0 Å². The van der Waals surface area contributed by atoms with Crippen LogP contribution in [0.3, 0.4) is 0 Å². The van der Waals surface area contributed by atoms with Gasteiger partial charge in [-0.15, -0.1) is 0 Å². The van der Waals surface area contributed by atoms with E-state index in [0.29, 0.717) is 43.5 Å². The van der Waals surface area contributed by atoms with E-state index in [1.54, 1.807) is 60.7 Å². The number of hydrogen-bond acceptors (Lipinski definition) is 5. The number of ether oxygens (including phenoxy) is 1. The van der Waals surface area contributed by atoms with E-state index in [1.165, 1.54) is 30.1 Å². The number of anilines is 1. The van der Waals surface area contributed by atoms with Crippen molar-refractivity contribution in [3.8, 4) is 22.6 Å². The van der Waals surface area contributed by atoms with Crippen molar-refractivity contribution in [3.63, 3.8) is 0 Å². The van der Waals surface area contributed by atoms with E-state index in [0.717, 1.165) is 0 Å². The van der Waals surface area contributed by atoms with Crippen molar-refractivity contribution in [2.24, 2.45) is 0 Å². The molecule has 1 unspecified atom stereocenters. The second-order valence-electron chi connectivity index (χ2n) is 7.49. The van der Waals surface area contributed by atoms with Crippen molar-refractivity contribution in [2.75, 3.05) is 11.8 Å². The van der Waals surface area contributed by atoms with Gasteiger partial charge in [-0.3, -0.25) is 14.1 Å². The van der Waals surface area contributed by atoms with E-state index in [9.17, 15) is 9.00 Å². The Labute approximate surface area is 206 Å². The quantitative estimate of drug-likeness (QED) is 0.323. The fourth-order valence-corrected chi connectivity index (χ4v) is 4.70. The van der Waals surface area contributed by atoms with Gasteiger partial charge in [0.2, 0.25) is 0 Å². The maximum atomic E-state index is 15.3. The van der Waals surface area contributed by atoms with Gasteiger partial charge in [0.05, 0.1) is 23.2 Å². The van der Waals surface area contributed by atoms with Crippen LogP contribution in [0.1, 0.15) is 0 Å². The van der Waals surface area contributed by atoms with Gasteiger partial charge in [0.25, 0.3) is 5.56 Å². The predicted octanol–water partition coefficient (Wildman–Crippen LogP) is 5.58. The van der Waals surface area contributed by atoms with Gasteiger partial charge in [0, 0.05) is 34.2 Å². The Morgan fingerprint density at radius 3 is 2.57 bits per heavy atom. The third-order valence-corrected chi connectivity index (χ3v) is 6.71. The number of pyridine rings is 1. The number of methoxy groups -OCH3 is 1. The first-order valence-electron chi connectivity index (χ1n) is 10.3. The molecule has 2 heterocycles. The molecule has 0 aliphatic heterocycles. The van der Waals surface area contributed by atoms with E-state index in [4.69, 9.17) is 20.9 Å². The Kier molecular flexibility index (Phi) is 6.10. The molecule has 0 saturated heterocycles. The smallest absolute Gasteiger partial charge is 0.255 e. The van der Waals surface area contributed by atoms with E-state index < -0.39 is 16.8 Å². The van der Waals surface area contributed by atoms with E-state index in [2.05, 4.69) is 9.88 Å². The summed E-state index contributed by atoms with van der Waals surface area (Å²) in [4.78, 5) is 13.4. The lowest BCUT2D eigenvalue weighted by atomic mass is 10.0. The minimum Gasteiger partial charge on any atom is -0.495 e. The van der Waals surface area contributed by atoms with Crippen LogP contribution in [-0.4, -0.2) is 21.0 Å². The van der Waals surface area contributed by atoms with Gasteiger partial charge in [0.15, 0.2) is 16.8 Å². The van der Waals surface area contributed by atoms with Crippen LogP contribution in [0.5, 0.6) is 5.75 Å². The van der Waals surface area contributed by atoms with Crippen molar-refractivity contribution >= 4 is 39.3 Å². The van der Waals surface area contributed by atoms with Gasteiger partial charge in [-0.05, 0) is 48.0 Å².